The average Bonchev–Trinajstić information content (AvgIpc) is 2.76. The first-order valence-corrected chi connectivity index (χ1v) is 7.48. The monoisotopic (exact) mass is 339 g/mol. The minimum Gasteiger partial charge on any atom is -0.461 e. The predicted molar refractivity (Wildman–Crippen MR) is 86.1 cm³/mol. The van der Waals surface area contributed by atoms with Gasteiger partial charge in [-0.1, -0.05) is 23.2 Å². The zero-order valence-electron chi connectivity index (χ0n) is 12.4. The highest BCUT2D eigenvalue weighted by atomic mass is 35.5. The van der Waals surface area contributed by atoms with E-state index in [0.717, 1.165) is 0 Å². The van der Waals surface area contributed by atoms with Crippen LogP contribution in [0.4, 0.5) is 0 Å². The average molecular weight is 340 g/mol. The number of carbonyl (C=O) groups is 2. The van der Waals surface area contributed by atoms with E-state index in [1.807, 2.05) is 0 Å². The molecule has 0 spiro atoms. The van der Waals surface area contributed by atoms with Crippen molar-refractivity contribution in [2.75, 3.05) is 6.61 Å². The number of rotatable bonds is 4. The van der Waals surface area contributed by atoms with Gasteiger partial charge in [0, 0.05) is 16.8 Å². The molecule has 22 heavy (non-hydrogen) atoms. The second kappa shape index (κ2) is 6.55. The molecule has 1 aromatic heterocycles. The Bertz CT molecular complexity index is 750. The summed E-state index contributed by atoms with van der Waals surface area (Å²) in [6.07, 6.45) is 0. The predicted octanol–water partition coefficient (Wildman–Crippen LogP) is 4.35. The van der Waals surface area contributed by atoms with Gasteiger partial charge in [-0.2, -0.15) is 0 Å². The molecule has 0 saturated heterocycles. The summed E-state index contributed by atoms with van der Waals surface area (Å²) >= 11 is 11.8. The first-order valence-electron chi connectivity index (χ1n) is 6.72. The van der Waals surface area contributed by atoms with Crippen LogP contribution in [0.15, 0.2) is 18.2 Å². The quantitative estimate of drug-likeness (QED) is 0.665. The molecule has 116 valence electrons. The zero-order valence-corrected chi connectivity index (χ0v) is 13.9. The molecule has 0 aliphatic carbocycles. The molecule has 0 aliphatic heterocycles. The van der Waals surface area contributed by atoms with E-state index < -0.39 is 5.97 Å². The Hall–Kier alpha value is -1.78. The summed E-state index contributed by atoms with van der Waals surface area (Å²) in [4.78, 5) is 27.5. The fraction of sp³-hybridized carbons (Fsp3) is 0.250. The fourth-order valence-electron chi connectivity index (χ4n) is 2.28. The summed E-state index contributed by atoms with van der Waals surface area (Å²) < 4.78 is 4.98. The number of aromatic nitrogens is 1. The van der Waals surface area contributed by atoms with Gasteiger partial charge in [0.25, 0.3) is 0 Å². The third kappa shape index (κ3) is 3.03. The lowest BCUT2D eigenvalue weighted by Crippen LogP contribution is -2.08. The minimum absolute atomic E-state index is 0.222. The van der Waals surface area contributed by atoms with Crippen LogP contribution in [0.5, 0.6) is 0 Å². The smallest absolute Gasteiger partial charge is 0.355 e. The van der Waals surface area contributed by atoms with Gasteiger partial charge in [-0.05, 0) is 44.5 Å². The van der Waals surface area contributed by atoms with Gasteiger partial charge in [-0.15, -0.1) is 0 Å². The van der Waals surface area contributed by atoms with Crippen LogP contribution >= 0.6 is 23.2 Å². The van der Waals surface area contributed by atoms with Crippen molar-refractivity contribution in [2.24, 2.45) is 0 Å². The second-order valence-corrected chi connectivity index (χ2v) is 5.62. The van der Waals surface area contributed by atoms with Gasteiger partial charge in [0.1, 0.15) is 5.69 Å². The van der Waals surface area contributed by atoms with Crippen molar-refractivity contribution in [3.05, 3.63) is 56.3 Å². The molecular formula is C16H15Cl2NO3. The normalized spacial score (nSPS) is 10.6. The van der Waals surface area contributed by atoms with Crippen LogP contribution in [-0.2, 0) is 4.74 Å². The molecule has 0 unspecified atom stereocenters. The molecule has 0 bridgehead atoms. The van der Waals surface area contributed by atoms with E-state index >= 15 is 0 Å². The van der Waals surface area contributed by atoms with E-state index in [2.05, 4.69) is 4.98 Å². The van der Waals surface area contributed by atoms with Crippen LogP contribution in [0.25, 0.3) is 0 Å². The summed E-state index contributed by atoms with van der Waals surface area (Å²) in [7, 11) is 0. The summed E-state index contributed by atoms with van der Waals surface area (Å²) in [5.74, 6) is -0.698. The number of hydrogen-bond donors (Lipinski definition) is 1. The third-order valence-corrected chi connectivity index (χ3v) is 4.06. The molecule has 0 saturated carbocycles. The van der Waals surface area contributed by atoms with Crippen LogP contribution in [0.2, 0.25) is 10.0 Å². The summed E-state index contributed by atoms with van der Waals surface area (Å²) in [5.41, 5.74) is 2.32. The topological polar surface area (TPSA) is 59.2 Å². The number of esters is 1. The number of carbonyl (C=O) groups excluding carboxylic acids is 2. The van der Waals surface area contributed by atoms with E-state index in [4.69, 9.17) is 27.9 Å². The van der Waals surface area contributed by atoms with Gasteiger partial charge < -0.3 is 9.72 Å². The molecule has 0 fully saturated rings. The van der Waals surface area contributed by atoms with Crippen LogP contribution in [0.3, 0.4) is 0 Å². The number of hydrogen-bond acceptors (Lipinski definition) is 3. The maximum Gasteiger partial charge on any atom is 0.355 e. The SMILES string of the molecule is CCOC(=O)c1[nH]c(C)c(C(=O)c2ccc(Cl)c(Cl)c2)c1C. The molecule has 2 rings (SSSR count). The lowest BCUT2D eigenvalue weighted by atomic mass is 9.99. The largest absolute Gasteiger partial charge is 0.461 e. The van der Waals surface area contributed by atoms with Gasteiger partial charge >= 0.3 is 5.97 Å². The maximum absolute atomic E-state index is 12.7. The number of aryl methyl sites for hydroxylation is 1. The molecule has 6 heteroatoms. The summed E-state index contributed by atoms with van der Waals surface area (Å²) in [6, 6.07) is 4.69. The lowest BCUT2D eigenvalue weighted by molar-refractivity contribution is 0.0519. The molecular weight excluding hydrogens is 325 g/mol. The van der Waals surface area contributed by atoms with Crippen molar-refractivity contribution in [3.63, 3.8) is 0 Å². The third-order valence-electron chi connectivity index (χ3n) is 3.33. The number of halogens is 2. The van der Waals surface area contributed by atoms with Gasteiger partial charge in [0.15, 0.2) is 5.78 Å². The Labute approximate surface area is 138 Å². The molecule has 0 atom stereocenters. The molecule has 1 aromatic carbocycles. The Morgan fingerprint density at radius 2 is 1.86 bits per heavy atom. The lowest BCUT2D eigenvalue weighted by Gasteiger charge is -2.04. The van der Waals surface area contributed by atoms with Crippen molar-refractivity contribution in [2.45, 2.75) is 20.8 Å². The minimum atomic E-state index is -0.476. The van der Waals surface area contributed by atoms with Gasteiger partial charge in [-0.25, -0.2) is 4.79 Å². The van der Waals surface area contributed by atoms with E-state index in [9.17, 15) is 9.59 Å². The number of ketones is 1. The molecule has 0 radical (unpaired) electrons. The number of nitrogens with one attached hydrogen (secondary N) is 1. The highest BCUT2D eigenvalue weighted by Gasteiger charge is 2.23. The maximum atomic E-state index is 12.7. The van der Waals surface area contributed by atoms with Crippen LogP contribution < -0.4 is 0 Å². The van der Waals surface area contributed by atoms with Crippen LogP contribution in [0.1, 0.15) is 44.6 Å². The number of ether oxygens (including phenoxy) is 1. The van der Waals surface area contributed by atoms with Crippen LogP contribution in [-0.4, -0.2) is 23.3 Å². The molecule has 4 nitrogen and oxygen atoms in total. The summed E-state index contributed by atoms with van der Waals surface area (Å²) in [5, 5.41) is 0.692. The van der Waals surface area contributed by atoms with E-state index in [-0.39, 0.29) is 12.4 Å². The zero-order chi connectivity index (χ0) is 16.4. The first kappa shape index (κ1) is 16.6. The van der Waals surface area contributed by atoms with Crippen molar-refractivity contribution in [1.82, 2.24) is 4.98 Å². The number of H-pyrrole nitrogens is 1. The van der Waals surface area contributed by atoms with Crippen molar-refractivity contribution < 1.29 is 14.3 Å². The fourth-order valence-corrected chi connectivity index (χ4v) is 2.58. The molecule has 0 amide bonds. The number of benzene rings is 1. The Morgan fingerprint density at radius 3 is 2.45 bits per heavy atom. The van der Waals surface area contributed by atoms with Crippen molar-refractivity contribution >= 4 is 35.0 Å². The molecule has 1 heterocycles. The highest BCUT2D eigenvalue weighted by Crippen LogP contribution is 2.26. The molecule has 0 aliphatic rings. The Kier molecular flexibility index (Phi) is 4.94. The van der Waals surface area contributed by atoms with Crippen molar-refractivity contribution in [1.29, 1.82) is 0 Å². The Morgan fingerprint density at radius 1 is 1.18 bits per heavy atom. The van der Waals surface area contributed by atoms with E-state index in [0.29, 0.717) is 38.1 Å². The second-order valence-electron chi connectivity index (χ2n) is 4.80. The van der Waals surface area contributed by atoms with Crippen LogP contribution in [0, 0.1) is 13.8 Å². The Balaban J connectivity index is 2.46. The molecule has 1 N–H and O–H groups in total. The van der Waals surface area contributed by atoms with Gasteiger partial charge in [0.05, 0.1) is 16.7 Å². The summed E-state index contributed by atoms with van der Waals surface area (Å²) in [6.45, 7) is 5.44. The first-order chi connectivity index (χ1) is 10.4. The van der Waals surface area contributed by atoms with E-state index in [1.54, 1.807) is 32.9 Å². The van der Waals surface area contributed by atoms with Gasteiger partial charge in [-0.3, -0.25) is 4.79 Å². The van der Waals surface area contributed by atoms with Gasteiger partial charge in [0.2, 0.25) is 0 Å². The highest BCUT2D eigenvalue weighted by molar-refractivity contribution is 6.42. The van der Waals surface area contributed by atoms with Crippen molar-refractivity contribution in [3.8, 4) is 0 Å². The number of aromatic amines is 1. The standard InChI is InChI=1S/C16H15Cl2NO3/c1-4-22-16(21)14-8(2)13(9(3)19-14)15(20)10-5-6-11(17)12(18)7-10/h5-7,19H,4H2,1-3H3. The van der Waals surface area contributed by atoms with E-state index in [1.165, 1.54) is 6.07 Å². The molecule has 2 aromatic rings.